The van der Waals surface area contributed by atoms with E-state index in [-0.39, 0.29) is 18.0 Å². The molecule has 1 saturated heterocycles. The van der Waals surface area contributed by atoms with Gasteiger partial charge in [-0.15, -0.1) is 12.4 Å². The minimum absolute atomic E-state index is 0. The van der Waals surface area contributed by atoms with Crippen LogP contribution >= 0.6 is 24.0 Å². The van der Waals surface area contributed by atoms with E-state index < -0.39 is 0 Å². The van der Waals surface area contributed by atoms with Crippen LogP contribution in [0.2, 0.25) is 5.02 Å². The fourth-order valence-corrected chi connectivity index (χ4v) is 2.80. The lowest BCUT2D eigenvalue weighted by molar-refractivity contribution is -0.0470. The zero-order valence-electron chi connectivity index (χ0n) is 11.7. The molecule has 0 amide bonds. The Balaban J connectivity index is 0.00000161. The van der Waals surface area contributed by atoms with Gasteiger partial charge in [0.25, 0.3) is 0 Å². The molecule has 1 heterocycles. The quantitative estimate of drug-likeness (QED) is 0.911. The second-order valence-electron chi connectivity index (χ2n) is 5.20. The fraction of sp³-hybridized carbons (Fsp3) is 0.294. The van der Waals surface area contributed by atoms with Crippen molar-refractivity contribution in [3.8, 4) is 0 Å². The van der Waals surface area contributed by atoms with Crippen molar-refractivity contribution < 1.29 is 4.74 Å². The molecular weight excluding hydrogens is 305 g/mol. The zero-order chi connectivity index (χ0) is 13.8. The van der Waals surface area contributed by atoms with Gasteiger partial charge in [0, 0.05) is 11.6 Å². The highest BCUT2D eigenvalue weighted by Crippen LogP contribution is 2.33. The monoisotopic (exact) mass is 323 g/mol. The molecule has 0 radical (unpaired) electrons. The maximum Gasteiger partial charge on any atom is 0.107 e. The van der Waals surface area contributed by atoms with E-state index in [9.17, 15) is 0 Å². The summed E-state index contributed by atoms with van der Waals surface area (Å²) in [7, 11) is 0. The van der Waals surface area contributed by atoms with Gasteiger partial charge >= 0.3 is 0 Å². The Kier molecular flexibility index (Phi) is 5.65. The van der Waals surface area contributed by atoms with Crippen LogP contribution in [0, 0.1) is 0 Å². The van der Waals surface area contributed by atoms with Crippen LogP contribution in [-0.2, 0) is 16.9 Å². The molecule has 4 heteroatoms. The van der Waals surface area contributed by atoms with Gasteiger partial charge in [0.05, 0.1) is 6.61 Å². The highest BCUT2D eigenvalue weighted by atomic mass is 35.5. The lowest BCUT2D eigenvalue weighted by Crippen LogP contribution is -2.32. The number of hydrogen-bond acceptors (Lipinski definition) is 2. The molecule has 112 valence electrons. The Morgan fingerprint density at radius 2 is 1.76 bits per heavy atom. The number of halogens is 2. The first-order valence-corrected chi connectivity index (χ1v) is 7.31. The van der Waals surface area contributed by atoms with Crippen LogP contribution in [0.15, 0.2) is 54.6 Å². The van der Waals surface area contributed by atoms with Crippen LogP contribution in [0.4, 0.5) is 0 Å². The van der Waals surface area contributed by atoms with Crippen LogP contribution in [0.25, 0.3) is 0 Å². The normalized spacial score (nSPS) is 21.0. The number of nitrogens with one attached hydrogen (secondary N) is 1. The Morgan fingerprint density at radius 3 is 2.38 bits per heavy atom. The molecule has 2 aromatic rings. The molecule has 3 rings (SSSR count). The third-order valence-corrected chi connectivity index (χ3v) is 4.10. The third kappa shape index (κ3) is 3.78. The number of benzene rings is 2. The zero-order valence-corrected chi connectivity index (χ0v) is 13.3. The lowest BCUT2D eigenvalue weighted by Gasteiger charge is -2.29. The Morgan fingerprint density at radius 1 is 1.05 bits per heavy atom. The first-order chi connectivity index (χ1) is 9.78. The molecule has 2 aromatic carbocycles. The van der Waals surface area contributed by atoms with Gasteiger partial charge in [-0.3, -0.25) is 0 Å². The predicted octanol–water partition coefficient (Wildman–Crippen LogP) is 4.17. The van der Waals surface area contributed by atoms with E-state index in [0.717, 1.165) is 24.5 Å². The average molecular weight is 324 g/mol. The van der Waals surface area contributed by atoms with Crippen LogP contribution in [0.3, 0.4) is 0 Å². The third-order valence-electron chi connectivity index (χ3n) is 3.84. The molecule has 1 fully saturated rings. The molecular formula is C17H19Cl2NO. The molecule has 0 spiro atoms. The second-order valence-corrected chi connectivity index (χ2v) is 5.64. The molecule has 1 N–H and O–H groups in total. The topological polar surface area (TPSA) is 21.3 Å². The van der Waals surface area contributed by atoms with Crippen LogP contribution in [0.5, 0.6) is 0 Å². The van der Waals surface area contributed by atoms with Gasteiger partial charge in [-0.1, -0.05) is 54.1 Å². The minimum Gasteiger partial charge on any atom is -0.364 e. The van der Waals surface area contributed by atoms with E-state index in [2.05, 4.69) is 29.6 Å². The fourth-order valence-electron chi connectivity index (χ4n) is 2.67. The standard InChI is InChI=1S/C17H18ClNO.ClH/c18-16-8-6-15(7-9-16)17(10-11-19-13-17)20-12-14-4-2-1-3-5-14;/h1-9,19H,10-13H2;1H. The summed E-state index contributed by atoms with van der Waals surface area (Å²) in [5.41, 5.74) is 2.16. The van der Waals surface area contributed by atoms with Crippen molar-refractivity contribution in [2.24, 2.45) is 0 Å². The predicted molar refractivity (Wildman–Crippen MR) is 89.1 cm³/mol. The molecule has 0 aromatic heterocycles. The summed E-state index contributed by atoms with van der Waals surface area (Å²) in [5, 5.41) is 4.17. The van der Waals surface area contributed by atoms with Crippen LogP contribution in [-0.4, -0.2) is 13.1 Å². The lowest BCUT2D eigenvalue weighted by atomic mass is 9.92. The van der Waals surface area contributed by atoms with E-state index in [1.807, 2.05) is 30.3 Å². The summed E-state index contributed by atoms with van der Waals surface area (Å²) in [4.78, 5) is 0. The number of hydrogen-bond donors (Lipinski definition) is 1. The van der Waals surface area contributed by atoms with Crippen LogP contribution in [0.1, 0.15) is 17.5 Å². The van der Waals surface area contributed by atoms with Crippen molar-refractivity contribution in [2.45, 2.75) is 18.6 Å². The van der Waals surface area contributed by atoms with Crippen molar-refractivity contribution in [3.63, 3.8) is 0 Å². The summed E-state index contributed by atoms with van der Waals surface area (Å²) in [6.07, 6.45) is 0.988. The summed E-state index contributed by atoms with van der Waals surface area (Å²) < 4.78 is 6.30. The molecule has 0 aliphatic carbocycles. The summed E-state index contributed by atoms with van der Waals surface area (Å²) >= 11 is 5.98. The van der Waals surface area contributed by atoms with Crippen molar-refractivity contribution in [1.82, 2.24) is 5.32 Å². The SMILES string of the molecule is Cl.Clc1ccc(C2(OCc3ccccc3)CCNC2)cc1. The van der Waals surface area contributed by atoms with E-state index in [1.165, 1.54) is 11.1 Å². The largest absolute Gasteiger partial charge is 0.364 e. The van der Waals surface area contributed by atoms with Gasteiger partial charge in [-0.25, -0.2) is 0 Å². The number of ether oxygens (including phenoxy) is 1. The molecule has 1 aliphatic heterocycles. The van der Waals surface area contributed by atoms with E-state index >= 15 is 0 Å². The Bertz CT molecular complexity index is 551. The maximum absolute atomic E-state index is 6.30. The van der Waals surface area contributed by atoms with Gasteiger partial charge in [0.15, 0.2) is 0 Å². The van der Waals surface area contributed by atoms with E-state index in [1.54, 1.807) is 0 Å². The van der Waals surface area contributed by atoms with E-state index in [4.69, 9.17) is 16.3 Å². The molecule has 21 heavy (non-hydrogen) atoms. The Hall–Kier alpha value is -1.06. The summed E-state index contributed by atoms with van der Waals surface area (Å²) in [6, 6.07) is 18.3. The van der Waals surface area contributed by atoms with Gasteiger partial charge in [0.1, 0.15) is 5.60 Å². The van der Waals surface area contributed by atoms with Crippen molar-refractivity contribution >= 4 is 24.0 Å². The maximum atomic E-state index is 6.30. The van der Waals surface area contributed by atoms with E-state index in [0.29, 0.717) is 6.61 Å². The molecule has 1 atom stereocenters. The molecule has 2 nitrogen and oxygen atoms in total. The van der Waals surface area contributed by atoms with Crippen molar-refractivity contribution in [3.05, 3.63) is 70.7 Å². The van der Waals surface area contributed by atoms with Crippen molar-refractivity contribution in [2.75, 3.05) is 13.1 Å². The van der Waals surface area contributed by atoms with Crippen molar-refractivity contribution in [1.29, 1.82) is 0 Å². The van der Waals surface area contributed by atoms with Gasteiger partial charge in [-0.2, -0.15) is 0 Å². The smallest absolute Gasteiger partial charge is 0.107 e. The van der Waals surface area contributed by atoms with Crippen LogP contribution < -0.4 is 5.32 Å². The second kappa shape index (κ2) is 7.28. The first kappa shape index (κ1) is 16.3. The van der Waals surface area contributed by atoms with Gasteiger partial charge in [0.2, 0.25) is 0 Å². The summed E-state index contributed by atoms with van der Waals surface area (Å²) in [5.74, 6) is 0. The van der Waals surface area contributed by atoms with Gasteiger partial charge < -0.3 is 10.1 Å². The molecule has 0 bridgehead atoms. The highest BCUT2D eigenvalue weighted by molar-refractivity contribution is 6.30. The molecule has 1 aliphatic rings. The Labute approximate surface area is 136 Å². The summed E-state index contributed by atoms with van der Waals surface area (Å²) in [6.45, 7) is 2.46. The first-order valence-electron chi connectivity index (χ1n) is 6.93. The number of rotatable bonds is 4. The molecule has 0 saturated carbocycles. The average Bonchev–Trinajstić information content (AvgIpc) is 2.97. The van der Waals surface area contributed by atoms with Gasteiger partial charge in [-0.05, 0) is 36.2 Å². The minimum atomic E-state index is -0.236. The molecule has 1 unspecified atom stereocenters. The highest BCUT2D eigenvalue weighted by Gasteiger charge is 2.36.